The third-order valence-corrected chi connectivity index (χ3v) is 2.49. The molecule has 4 N–H and O–H groups in total. The fourth-order valence-corrected chi connectivity index (χ4v) is 1.59. The zero-order chi connectivity index (χ0) is 11.4. The molecule has 6 nitrogen and oxygen atoms in total. The maximum atomic E-state index is 11.5. The van der Waals surface area contributed by atoms with Gasteiger partial charge in [0.2, 0.25) is 5.91 Å². The van der Waals surface area contributed by atoms with Crippen LogP contribution in [0.4, 0.5) is 0 Å². The lowest BCUT2D eigenvalue weighted by Gasteiger charge is -2.16. The summed E-state index contributed by atoms with van der Waals surface area (Å²) in [6.07, 6.45) is 1.60. The van der Waals surface area contributed by atoms with Crippen LogP contribution in [0.1, 0.15) is 19.8 Å². The minimum atomic E-state index is -1.23. The van der Waals surface area contributed by atoms with Crippen molar-refractivity contribution in [1.82, 2.24) is 10.6 Å². The van der Waals surface area contributed by atoms with Crippen molar-refractivity contribution >= 4 is 24.3 Å². The SMILES string of the molecule is CC1CC[C@@H](C(=O)NC(CO)C(=O)O)N1.Cl. The molecule has 94 valence electrons. The molecule has 0 saturated carbocycles. The number of hydrogen-bond donors (Lipinski definition) is 4. The van der Waals surface area contributed by atoms with Gasteiger partial charge in [-0.05, 0) is 19.8 Å². The van der Waals surface area contributed by atoms with Gasteiger partial charge >= 0.3 is 5.97 Å². The summed E-state index contributed by atoms with van der Waals surface area (Å²) >= 11 is 0. The Morgan fingerprint density at radius 3 is 2.50 bits per heavy atom. The number of carbonyl (C=O) groups is 2. The van der Waals surface area contributed by atoms with E-state index in [4.69, 9.17) is 10.2 Å². The quantitative estimate of drug-likeness (QED) is 0.520. The lowest BCUT2D eigenvalue weighted by molar-refractivity contribution is -0.143. The van der Waals surface area contributed by atoms with Gasteiger partial charge in [-0.2, -0.15) is 0 Å². The molecule has 0 radical (unpaired) electrons. The number of aliphatic carboxylic acids is 1. The Labute approximate surface area is 99.8 Å². The van der Waals surface area contributed by atoms with Crippen molar-refractivity contribution in [3.63, 3.8) is 0 Å². The highest BCUT2D eigenvalue weighted by atomic mass is 35.5. The third-order valence-electron chi connectivity index (χ3n) is 2.49. The summed E-state index contributed by atoms with van der Waals surface area (Å²) in [4.78, 5) is 22.1. The topological polar surface area (TPSA) is 98.7 Å². The first-order chi connectivity index (χ1) is 7.04. The lowest BCUT2D eigenvalue weighted by Crippen LogP contribution is -2.50. The van der Waals surface area contributed by atoms with Crippen molar-refractivity contribution in [2.45, 2.75) is 37.9 Å². The van der Waals surface area contributed by atoms with Crippen LogP contribution in [-0.2, 0) is 9.59 Å². The van der Waals surface area contributed by atoms with Gasteiger partial charge in [-0.25, -0.2) is 4.79 Å². The Balaban J connectivity index is 0.00000225. The first kappa shape index (κ1) is 15.2. The number of aliphatic hydroxyl groups is 1. The molecule has 0 bridgehead atoms. The highest BCUT2D eigenvalue weighted by Crippen LogP contribution is 2.11. The number of carboxylic acids is 1. The molecule has 1 rings (SSSR count). The first-order valence-electron chi connectivity index (χ1n) is 4.94. The summed E-state index contributed by atoms with van der Waals surface area (Å²) in [5.74, 6) is -1.59. The molecule has 0 aromatic rings. The highest BCUT2D eigenvalue weighted by molar-refractivity contribution is 5.87. The number of halogens is 1. The molecule has 3 atom stereocenters. The van der Waals surface area contributed by atoms with Crippen LogP contribution in [0.25, 0.3) is 0 Å². The maximum absolute atomic E-state index is 11.5. The molecule has 1 fully saturated rings. The van der Waals surface area contributed by atoms with Crippen molar-refractivity contribution in [2.75, 3.05) is 6.61 Å². The van der Waals surface area contributed by atoms with Crippen molar-refractivity contribution in [1.29, 1.82) is 0 Å². The Kier molecular flexibility index (Phi) is 6.32. The van der Waals surface area contributed by atoms with Crippen molar-refractivity contribution in [2.24, 2.45) is 0 Å². The predicted octanol–water partition coefficient (Wildman–Crippen LogP) is -0.890. The molecular weight excluding hydrogens is 236 g/mol. The molecule has 1 heterocycles. The van der Waals surface area contributed by atoms with Gasteiger partial charge in [0, 0.05) is 6.04 Å². The van der Waals surface area contributed by atoms with Crippen LogP contribution in [0.3, 0.4) is 0 Å². The summed E-state index contributed by atoms with van der Waals surface area (Å²) in [7, 11) is 0. The molecule has 1 aliphatic heterocycles. The average molecular weight is 253 g/mol. The number of rotatable bonds is 4. The van der Waals surface area contributed by atoms with E-state index in [0.29, 0.717) is 6.42 Å². The molecule has 7 heteroatoms. The molecule has 1 aliphatic rings. The van der Waals surface area contributed by atoms with Crippen LogP contribution in [0, 0.1) is 0 Å². The maximum Gasteiger partial charge on any atom is 0.328 e. The van der Waals surface area contributed by atoms with Crippen LogP contribution >= 0.6 is 12.4 Å². The molecule has 1 amide bonds. The lowest BCUT2D eigenvalue weighted by atomic mass is 10.2. The summed E-state index contributed by atoms with van der Waals surface area (Å²) in [5, 5.41) is 22.7. The van der Waals surface area contributed by atoms with E-state index >= 15 is 0 Å². The third kappa shape index (κ3) is 3.96. The number of hydrogen-bond acceptors (Lipinski definition) is 4. The molecule has 16 heavy (non-hydrogen) atoms. The van der Waals surface area contributed by atoms with Gasteiger partial charge in [-0.3, -0.25) is 4.79 Å². The smallest absolute Gasteiger partial charge is 0.328 e. The Bertz CT molecular complexity index is 262. The number of nitrogens with one attached hydrogen (secondary N) is 2. The molecule has 0 aromatic heterocycles. The monoisotopic (exact) mass is 252 g/mol. The van der Waals surface area contributed by atoms with E-state index in [-0.39, 0.29) is 30.4 Å². The van der Waals surface area contributed by atoms with Gasteiger partial charge in [-0.15, -0.1) is 12.4 Å². The summed E-state index contributed by atoms with van der Waals surface area (Å²) in [6, 6.07) is -1.28. The fraction of sp³-hybridized carbons (Fsp3) is 0.778. The number of aliphatic hydroxyl groups excluding tert-OH is 1. The van der Waals surface area contributed by atoms with Crippen LogP contribution < -0.4 is 10.6 Å². The normalized spacial score (nSPS) is 25.6. The molecule has 2 unspecified atom stereocenters. The predicted molar refractivity (Wildman–Crippen MR) is 59.5 cm³/mol. The van der Waals surface area contributed by atoms with Crippen LogP contribution in [0.5, 0.6) is 0 Å². The Hall–Kier alpha value is -0.850. The zero-order valence-electron chi connectivity index (χ0n) is 8.97. The van der Waals surface area contributed by atoms with E-state index in [1.165, 1.54) is 0 Å². The summed E-state index contributed by atoms with van der Waals surface area (Å²) in [6.45, 7) is 1.37. The van der Waals surface area contributed by atoms with Gasteiger partial charge in [0.25, 0.3) is 0 Å². The number of carboxylic acid groups (broad SMARTS) is 1. The van der Waals surface area contributed by atoms with Gasteiger partial charge in [-0.1, -0.05) is 0 Å². The van der Waals surface area contributed by atoms with E-state index in [1.807, 2.05) is 6.92 Å². The van der Waals surface area contributed by atoms with Crippen LogP contribution in [-0.4, -0.2) is 46.8 Å². The fourth-order valence-electron chi connectivity index (χ4n) is 1.59. The minimum Gasteiger partial charge on any atom is -0.480 e. The molecular formula is C9H17ClN2O4. The molecule has 0 aliphatic carbocycles. The van der Waals surface area contributed by atoms with E-state index < -0.39 is 18.6 Å². The average Bonchev–Trinajstić information content (AvgIpc) is 2.60. The van der Waals surface area contributed by atoms with E-state index in [9.17, 15) is 9.59 Å². The van der Waals surface area contributed by atoms with Crippen LogP contribution in [0.2, 0.25) is 0 Å². The highest BCUT2D eigenvalue weighted by Gasteiger charge is 2.29. The van der Waals surface area contributed by atoms with E-state index in [0.717, 1.165) is 6.42 Å². The standard InChI is InChI=1S/C9H16N2O4.ClH/c1-5-2-3-6(10-5)8(13)11-7(4-12)9(14)15;/h5-7,10,12H,2-4H2,1H3,(H,11,13)(H,14,15);1H/t5?,6-,7?;/m0./s1. The van der Waals surface area contributed by atoms with Gasteiger partial charge in [0.05, 0.1) is 12.6 Å². The Morgan fingerprint density at radius 2 is 2.12 bits per heavy atom. The number of amides is 1. The van der Waals surface area contributed by atoms with E-state index in [1.54, 1.807) is 0 Å². The van der Waals surface area contributed by atoms with Crippen molar-refractivity contribution in [3.8, 4) is 0 Å². The van der Waals surface area contributed by atoms with Gasteiger partial charge in [0.15, 0.2) is 0 Å². The molecule has 0 aromatic carbocycles. The second-order valence-electron chi connectivity index (χ2n) is 3.78. The second-order valence-corrected chi connectivity index (χ2v) is 3.78. The van der Waals surface area contributed by atoms with Gasteiger partial charge in [0.1, 0.15) is 6.04 Å². The summed E-state index contributed by atoms with van der Waals surface area (Å²) in [5.41, 5.74) is 0. The summed E-state index contributed by atoms with van der Waals surface area (Å²) < 4.78 is 0. The van der Waals surface area contributed by atoms with Gasteiger partial charge < -0.3 is 20.8 Å². The van der Waals surface area contributed by atoms with Crippen molar-refractivity contribution < 1.29 is 19.8 Å². The molecule has 1 saturated heterocycles. The zero-order valence-corrected chi connectivity index (χ0v) is 9.79. The second kappa shape index (κ2) is 6.67. The minimum absolute atomic E-state index is 0. The van der Waals surface area contributed by atoms with E-state index in [2.05, 4.69) is 10.6 Å². The number of carbonyl (C=O) groups excluding carboxylic acids is 1. The Morgan fingerprint density at radius 1 is 1.50 bits per heavy atom. The first-order valence-corrected chi connectivity index (χ1v) is 4.94. The largest absolute Gasteiger partial charge is 0.480 e. The van der Waals surface area contributed by atoms with Crippen molar-refractivity contribution in [3.05, 3.63) is 0 Å². The molecule has 0 spiro atoms. The van der Waals surface area contributed by atoms with Crippen LogP contribution in [0.15, 0.2) is 0 Å².